The summed E-state index contributed by atoms with van der Waals surface area (Å²) < 4.78 is 2.56. The van der Waals surface area contributed by atoms with Gasteiger partial charge in [0.2, 0.25) is 0 Å². The SMILES string of the molecule is [C-]#[N+]C(=Cc1ccc(N(Cc2ccccc2)Cc2ccc(/C(=C/C=C/C(=C3C=CC(=[N+](CCCC)CCCC)C=C3)c3ccc(CN(Cc4ccccc4)c4ccc(C=C(C)C#N)cc4)cc3)c3ccc(N(CCCC)CCCC)cc3)cc2)cc1)C(=O)NCc1ccccc1. The lowest BCUT2D eigenvalue weighted by Gasteiger charge is -2.26. The Morgan fingerprint density at radius 2 is 0.917 bits per heavy atom. The Balaban J connectivity index is 1.06. The van der Waals surface area contributed by atoms with Crippen molar-refractivity contribution in [2.75, 3.05) is 40.9 Å². The van der Waals surface area contributed by atoms with E-state index in [4.69, 9.17) is 6.57 Å². The van der Waals surface area contributed by atoms with Crippen molar-refractivity contribution in [1.29, 1.82) is 5.26 Å². The van der Waals surface area contributed by atoms with Crippen LogP contribution < -0.4 is 20.0 Å². The predicted octanol–water partition coefficient (Wildman–Crippen LogP) is 20.6. The van der Waals surface area contributed by atoms with E-state index in [1.807, 2.05) is 55.5 Å². The lowest BCUT2D eigenvalue weighted by molar-refractivity contribution is -0.527. The van der Waals surface area contributed by atoms with E-state index < -0.39 is 5.91 Å². The van der Waals surface area contributed by atoms with Gasteiger partial charge in [0.15, 0.2) is 5.71 Å². The first-order valence-corrected chi connectivity index (χ1v) is 34.6. The lowest BCUT2D eigenvalue weighted by Crippen LogP contribution is -2.25. The van der Waals surface area contributed by atoms with Crippen molar-refractivity contribution >= 4 is 52.0 Å². The Morgan fingerprint density at radius 1 is 0.500 bits per heavy atom. The molecule has 1 aliphatic carbocycles. The molecule has 8 nitrogen and oxygen atoms in total. The van der Waals surface area contributed by atoms with Crippen molar-refractivity contribution < 1.29 is 9.37 Å². The zero-order valence-corrected chi connectivity index (χ0v) is 57.0. The Kier molecular flexibility index (Phi) is 27.2. The molecule has 1 amide bonds. The van der Waals surface area contributed by atoms with E-state index in [1.54, 1.807) is 6.08 Å². The molecule has 0 aliphatic heterocycles. The summed E-state index contributed by atoms with van der Waals surface area (Å²) in [5.41, 5.74) is 19.8. The van der Waals surface area contributed by atoms with Crippen molar-refractivity contribution in [3.8, 4) is 6.07 Å². The van der Waals surface area contributed by atoms with Crippen LogP contribution in [-0.4, -0.2) is 42.4 Å². The second-order valence-electron chi connectivity index (χ2n) is 24.8. The van der Waals surface area contributed by atoms with Crippen LogP contribution in [0.1, 0.15) is 142 Å². The van der Waals surface area contributed by atoms with Crippen LogP contribution in [0.4, 0.5) is 17.1 Å². The summed E-state index contributed by atoms with van der Waals surface area (Å²) in [5, 5.41) is 12.4. The maximum atomic E-state index is 13.2. The van der Waals surface area contributed by atoms with Crippen molar-refractivity contribution in [3.05, 3.63) is 339 Å². The van der Waals surface area contributed by atoms with Crippen molar-refractivity contribution in [2.24, 2.45) is 0 Å². The molecular weight excluding hydrogens is 1170 g/mol. The number of amides is 1. The van der Waals surface area contributed by atoms with Gasteiger partial charge in [-0.25, -0.2) is 9.42 Å². The zero-order chi connectivity index (χ0) is 67.1. The van der Waals surface area contributed by atoms with E-state index in [9.17, 15) is 10.1 Å². The number of benzene rings is 8. The van der Waals surface area contributed by atoms with Gasteiger partial charge in [-0.1, -0.05) is 248 Å². The highest BCUT2D eigenvalue weighted by atomic mass is 16.2. The number of rotatable bonds is 33. The molecular formula is C88H94N7O+. The summed E-state index contributed by atoms with van der Waals surface area (Å²) in [6, 6.07) is 77.3. The molecule has 8 aromatic rings. The van der Waals surface area contributed by atoms with Gasteiger partial charge in [-0.2, -0.15) is 5.26 Å². The molecule has 0 aromatic heterocycles. The van der Waals surface area contributed by atoms with Crippen LogP contribution in [-0.2, 0) is 37.5 Å². The molecule has 96 heavy (non-hydrogen) atoms. The van der Waals surface area contributed by atoms with E-state index in [2.05, 4.69) is 276 Å². The number of unbranched alkanes of at least 4 members (excludes halogenated alkanes) is 4. The summed E-state index contributed by atoms with van der Waals surface area (Å²) in [6.45, 7) is 26.1. The minimum atomic E-state index is -0.395. The molecule has 0 spiro atoms. The fourth-order valence-electron chi connectivity index (χ4n) is 11.9. The van der Waals surface area contributed by atoms with Gasteiger partial charge in [-0.3, -0.25) is 4.79 Å². The van der Waals surface area contributed by atoms with Gasteiger partial charge < -0.3 is 20.0 Å². The topological polar surface area (TPSA) is 70.0 Å². The number of carbonyl (C=O) groups excluding carboxylic acids is 1. The lowest BCUT2D eigenvalue weighted by atomic mass is 9.93. The Morgan fingerprint density at radius 3 is 1.38 bits per heavy atom. The Bertz CT molecular complexity index is 4070. The molecule has 0 bridgehead atoms. The molecule has 8 aromatic carbocycles. The summed E-state index contributed by atoms with van der Waals surface area (Å²) in [7, 11) is 0. The number of anilines is 3. The molecule has 0 radical (unpaired) electrons. The molecule has 0 heterocycles. The van der Waals surface area contributed by atoms with Gasteiger partial charge in [0.05, 0.1) is 12.6 Å². The Labute approximate surface area is 573 Å². The number of carbonyl (C=O) groups is 1. The van der Waals surface area contributed by atoms with Crippen LogP contribution in [0.5, 0.6) is 0 Å². The molecule has 8 heteroatoms. The average Bonchev–Trinajstić information content (AvgIpc) is 3.71. The van der Waals surface area contributed by atoms with Crippen molar-refractivity contribution in [3.63, 3.8) is 0 Å². The van der Waals surface area contributed by atoms with Crippen LogP contribution in [0, 0.1) is 17.9 Å². The van der Waals surface area contributed by atoms with E-state index in [0.717, 1.165) is 146 Å². The maximum Gasteiger partial charge on any atom is 0.250 e. The van der Waals surface area contributed by atoms with E-state index in [0.29, 0.717) is 31.8 Å². The molecule has 0 unspecified atom stereocenters. The van der Waals surface area contributed by atoms with Crippen molar-refractivity contribution in [2.45, 2.75) is 119 Å². The molecule has 0 saturated heterocycles. The minimum absolute atomic E-state index is 0.0434. The van der Waals surface area contributed by atoms with Gasteiger partial charge in [0.1, 0.15) is 13.1 Å². The molecule has 1 aliphatic rings. The van der Waals surface area contributed by atoms with Gasteiger partial charge in [0, 0.05) is 93.4 Å². The van der Waals surface area contributed by atoms with Crippen molar-refractivity contribution in [1.82, 2.24) is 5.32 Å². The quantitative estimate of drug-likeness (QED) is 0.0146. The van der Waals surface area contributed by atoms with Gasteiger partial charge in [-0.15, -0.1) is 0 Å². The third-order valence-electron chi connectivity index (χ3n) is 17.5. The third-order valence-corrected chi connectivity index (χ3v) is 17.5. The first-order valence-electron chi connectivity index (χ1n) is 34.6. The monoisotopic (exact) mass is 1260 g/mol. The largest absolute Gasteiger partial charge is 0.372 e. The zero-order valence-electron chi connectivity index (χ0n) is 57.0. The van der Waals surface area contributed by atoms with Gasteiger partial charge >= 0.3 is 0 Å². The fraction of sp³-hybridized carbons (Fsp3) is 0.250. The standard InChI is InChI=1S/C88H93N7O/c1-7-11-57-92(58-12-8-2)81-53-45-79(46-54-81)85(77-41-33-75(34-42-77)67-94(65-73-27-20-16-21-28-73)83-49-37-70(38-50-83)61-69(5)63-89)31-24-32-86(80-47-55-82(56-48-80)93(59-13-9-3)60-14-10-4)78-43-35-76(36-44-78)68-95(66-74-29-22-17-23-30-74)84-51-39-71(40-52-84)62-87(90-6)88(96)91-64-72-25-18-15-19-26-72/h15-56,61-62H,7-14,57-60,64-68H2,1-5H3/p+1. The first-order chi connectivity index (χ1) is 47.1. The Hall–Kier alpha value is -10.5. The smallest absolute Gasteiger partial charge is 0.250 e. The highest BCUT2D eigenvalue weighted by Gasteiger charge is 2.18. The molecule has 486 valence electrons. The average molecular weight is 1270 g/mol. The fourth-order valence-corrected chi connectivity index (χ4v) is 11.9. The highest BCUT2D eigenvalue weighted by Crippen LogP contribution is 2.32. The van der Waals surface area contributed by atoms with E-state index >= 15 is 0 Å². The van der Waals surface area contributed by atoms with Crippen LogP contribution in [0.25, 0.3) is 28.1 Å². The number of allylic oxidation sites excluding steroid dienone is 10. The van der Waals surface area contributed by atoms with Gasteiger partial charge in [-0.05, 0) is 153 Å². The number of nitriles is 1. The summed E-state index contributed by atoms with van der Waals surface area (Å²) in [6.07, 6.45) is 29.0. The normalized spacial score (nSPS) is 12.3. The molecule has 0 atom stereocenters. The van der Waals surface area contributed by atoms with Crippen LogP contribution in [0.2, 0.25) is 0 Å². The van der Waals surface area contributed by atoms with Crippen LogP contribution in [0.15, 0.2) is 272 Å². The first kappa shape index (κ1) is 69.8. The summed E-state index contributed by atoms with van der Waals surface area (Å²) >= 11 is 0. The van der Waals surface area contributed by atoms with Crippen LogP contribution in [0.3, 0.4) is 0 Å². The number of nitrogens with zero attached hydrogens (tertiary/aromatic N) is 6. The minimum Gasteiger partial charge on any atom is -0.372 e. The number of hydrogen-bond donors (Lipinski definition) is 1. The predicted molar refractivity (Wildman–Crippen MR) is 405 cm³/mol. The summed E-state index contributed by atoms with van der Waals surface area (Å²) in [4.78, 5) is 24.1. The second kappa shape index (κ2) is 37.4. The number of nitrogens with one attached hydrogen (secondary N) is 1. The maximum absolute atomic E-state index is 13.2. The highest BCUT2D eigenvalue weighted by molar-refractivity contribution is 6.04. The summed E-state index contributed by atoms with van der Waals surface area (Å²) in [5.74, 6) is -0.395. The molecule has 1 N–H and O–H groups in total. The van der Waals surface area contributed by atoms with Crippen LogP contribution >= 0.6 is 0 Å². The second-order valence-corrected chi connectivity index (χ2v) is 24.8. The number of hydrogen-bond acceptors (Lipinski definition) is 5. The van der Waals surface area contributed by atoms with E-state index in [-0.39, 0.29) is 5.70 Å². The molecule has 0 saturated carbocycles. The van der Waals surface area contributed by atoms with E-state index in [1.165, 1.54) is 33.7 Å². The third kappa shape index (κ3) is 21.0. The van der Waals surface area contributed by atoms with Gasteiger partial charge in [0.25, 0.3) is 11.6 Å². The molecule has 9 rings (SSSR count). The molecule has 0 fully saturated rings.